The van der Waals surface area contributed by atoms with Gasteiger partial charge in [-0.2, -0.15) is 0 Å². The van der Waals surface area contributed by atoms with Crippen LogP contribution in [0.25, 0.3) is 25.1 Å². The second-order valence-corrected chi connectivity index (χ2v) is 11.7. The van der Waals surface area contributed by atoms with Crippen molar-refractivity contribution in [2.24, 2.45) is 0 Å². The second-order valence-electron chi connectivity index (χ2n) is 7.70. The van der Waals surface area contributed by atoms with E-state index in [1.54, 1.807) is 0 Å². The summed E-state index contributed by atoms with van der Waals surface area (Å²) in [5.74, 6) is 0. The topological polar surface area (TPSA) is 0 Å². The first-order valence-electron chi connectivity index (χ1n) is 10.8. The van der Waals surface area contributed by atoms with Crippen LogP contribution in [0.1, 0.15) is 0 Å². The number of benzene rings is 5. The highest BCUT2D eigenvalue weighted by molar-refractivity contribution is 7.97. The molecule has 0 saturated heterocycles. The molecule has 0 saturated carbocycles. The lowest BCUT2D eigenvalue weighted by molar-refractivity contribution is 1.32. The molecule has 0 radical (unpaired) electrons. The third-order valence-electron chi connectivity index (χ3n) is 5.76. The molecule has 0 spiro atoms. The van der Waals surface area contributed by atoms with Gasteiger partial charge in [0.25, 0.3) is 0 Å². The quantitative estimate of drug-likeness (QED) is 0.237. The van der Waals surface area contributed by atoms with Crippen molar-refractivity contribution < 1.29 is 0 Å². The van der Waals surface area contributed by atoms with E-state index >= 15 is 0 Å². The fourth-order valence-corrected chi connectivity index (χ4v) is 8.80. The molecule has 0 atom stereocenters. The Hall–Kier alpha value is -3.33. The minimum atomic E-state index is -0.112. The minimum Gasteiger partial charge on any atom is -0.0619 e. The van der Waals surface area contributed by atoms with E-state index in [9.17, 15) is 0 Å². The van der Waals surface area contributed by atoms with E-state index in [2.05, 4.69) is 133 Å². The first-order chi connectivity index (χ1) is 15.9. The van der Waals surface area contributed by atoms with Gasteiger partial charge < -0.3 is 0 Å². The highest BCUT2D eigenvalue weighted by atomic mass is 32.2. The fourth-order valence-electron chi connectivity index (χ4n) is 4.34. The Morgan fingerprint density at radius 3 is 1.28 bits per heavy atom. The molecule has 6 rings (SSSR count). The van der Waals surface area contributed by atoms with Crippen molar-refractivity contribution in [3.63, 3.8) is 0 Å². The lowest BCUT2D eigenvalue weighted by Crippen LogP contribution is -2.04. The van der Waals surface area contributed by atoms with Crippen molar-refractivity contribution in [2.45, 2.75) is 14.7 Å². The van der Waals surface area contributed by atoms with Gasteiger partial charge in [0.15, 0.2) is 29.0 Å². The van der Waals surface area contributed by atoms with Gasteiger partial charge in [-0.05, 0) is 60.7 Å². The largest absolute Gasteiger partial charge is 0.187 e. The Bertz CT molecular complexity index is 1400. The van der Waals surface area contributed by atoms with Crippen LogP contribution in [-0.4, -0.2) is 0 Å². The first-order valence-corrected chi connectivity index (χ1v) is 13.2. The van der Waals surface area contributed by atoms with E-state index in [1.807, 2.05) is 0 Å². The third-order valence-corrected chi connectivity index (χ3v) is 10.3. The van der Waals surface area contributed by atoms with Crippen molar-refractivity contribution >= 4 is 41.5 Å². The van der Waals surface area contributed by atoms with Gasteiger partial charge in [0.05, 0.1) is 10.9 Å². The molecule has 0 unspecified atom stereocenters. The van der Waals surface area contributed by atoms with Gasteiger partial charge in [0, 0.05) is 33.4 Å². The van der Waals surface area contributed by atoms with Crippen molar-refractivity contribution in [2.75, 3.05) is 0 Å². The van der Waals surface area contributed by atoms with Crippen LogP contribution in [0.15, 0.2) is 148 Å². The minimum absolute atomic E-state index is 0.0479. The zero-order valence-electron chi connectivity index (χ0n) is 17.5. The van der Waals surface area contributed by atoms with E-state index < -0.39 is 0 Å². The summed E-state index contributed by atoms with van der Waals surface area (Å²) < 4.78 is 2.87. The van der Waals surface area contributed by atoms with E-state index in [4.69, 9.17) is 0 Å². The van der Waals surface area contributed by atoms with Crippen LogP contribution < -0.4 is 0 Å². The molecule has 1 aromatic heterocycles. The van der Waals surface area contributed by atoms with Crippen LogP contribution in [0.2, 0.25) is 0 Å². The molecule has 152 valence electrons. The van der Waals surface area contributed by atoms with Crippen molar-refractivity contribution in [1.82, 2.24) is 0 Å². The molecule has 0 bridgehead atoms. The molecule has 2 heteroatoms. The number of rotatable bonds is 4. The number of hydrogen-bond acceptors (Lipinski definition) is 0. The molecular weight excluding hydrogens is 424 g/mol. The summed E-state index contributed by atoms with van der Waals surface area (Å²) >= 11 is 0. The summed E-state index contributed by atoms with van der Waals surface area (Å²) in [5.41, 5.74) is 0. The second kappa shape index (κ2) is 8.31. The van der Waals surface area contributed by atoms with Crippen LogP contribution in [-0.2, 0) is 10.9 Å². The summed E-state index contributed by atoms with van der Waals surface area (Å²) in [6, 6.07) is 48.9. The Morgan fingerprint density at radius 2 is 0.781 bits per heavy atom. The lowest BCUT2D eigenvalue weighted by Gasteiger charge is -2.07. The maximum atomic E-state index is 2.35. The molecular formula is C30H22S2+2. The third kappa shape index (κ3) is 3.33. The molecule has 0 amide bonds. The smallest absolute Gasteiger partial charge is 0.0619 e. The number of thiophene rings is 1. The van der Waals surface area contributed by atoms with Gasteiger partial charge in [0.1, 0.15) is 0 Å². The monoisotopic (exact) mass is 446 g/mol. The highest BCUT2D eigenvalue weighted by Gasteiger charge is 2.29. The van der Waals surface area contributed by atoms with Crippen LogP contribution >= 0.6 is 10.5 Å². The maximum absolute atomic E-state index is 2.35. The van der Waals surface area contributed by atoms with E-state index in [1.165, 1.54) is 39.8 Å². The van der Waals surface area contributed by atoms with Gasteiger partial charge >= 0.3 is 0 Å². The molecule has 5 aromatic carbocycles. The Morgan fingerprint density at radius 1 is 0.375 bits per heavy atom. The summed E-state index contributed by atoms with van der Waals surface area (Å²) in [4.78, 5) is 5.45. The number of fused-ring (bicyclic) bond motifs is 3. The van der Waals surface area contributed by atoms with Crippen molar-refractivity contribution in [3.8, 4) is 4.90 Å². The standard InChI is InChI=1S/C30H22S2/c1-3-11-23(12-4-1)31(24-13-5-2-6-14-24)25-19-21-26(22-20-25)32-29-17-9-7-15-27(29)28-16-8-10-18-30(28)32/h1-22H/q+2. The molecule has 0 fully saturated rings. The zero-order valence-corrected chi connectivity index (χ0v) is 19.2. The van der Waals surface area contributed by atoms with E-state index in [-0.39, 0.29) is 21.4 Å². The average molecular weight is 447 g/mol. The maximum Gasteiger partial charge on any atom is 0.187 e. The SMILES string of the molecule is c1ccc([S+](c2ccccc2)c2ccc(-[s+]3c4ccccc4c4ccccc43)cc2)cc1. The summed E-state index contributed by atoms with van der Waals surface area (Å²) in [6.45, 7) is 0. The number of hydrogen-bond donors (Lipinski definition) is 0. The highest BCUT2D eigenvalue weighted by Crippen LogP contribution is 2.48. The molecule has 1 heterocycles. The van der Waals surface area contributed by atoms with Crippen LogP contribution in [0, 0.1) is 0 Å². The van der Waals surface area contributed by atoms with E-state index in [0.717, 1.165) is 0 Å². The Balaban J connectivity index is 1.50. The average Bonchev–Trinajstić information content (AvgIpc) is 3.21. The van der Waals surface area contributed by atoms with Crippen molar-refractivity contribution in [3.05, 3.63) is 133 Å². The van der Waals surface area contributed by atoms with E-state index in [0.29, 0.717) is 0 Å². The van der Waals surface area contributed by atoms with Gasteiger partial charge in [-0.1, -0.05) is 60.7 Å². The molecule has 0 aliphatic carbocycles. The predicted molar refractivity (Wildman–Crippen MR) is 140 cm³/mol. The van der Waals surface area contributed by atoms with Crippen LogP contribution in [0.4, 0.5) is 0 Å². The molecule has 0 aliphatic rings. The lowest BCUT2D eigenvalue weighted by atomic mass is 10.2. The predicted octanol–water partition coefficient (Wildman–Crippen LogP) is 8.83. The normalized spacial score (nSPS) is 11.4. The summed E-state index contributed by atoms with van der Waals surface area (Å²) in [5, 5.41) is 2.76. The van der Waals surface area contributed by atoms with Gasteiger partial charge in [-0.25, -0.2) is 0 Å². The zero-order chi connectivity index (χ0) is 21.3. The first kappa shape index (κ1) is 19.4. The molecule has 0 nitrogen and oxygen atoms in total. The summed E-state index contributed by atoms with van der Waals surface area (Å²) in [7, 11) is -0.160. The Kier molecular flexibility index (Phi) is 5.03. The Labute approximate surface area is 194 Å². The molecule has 0 N–H and O–H groups in total. The summed E-state index contributed by atoms with van der Waals surface area (Å²) in [6.07, 6.45) is 0. The van der Waals surface area contributed by atoms with Gasteiger partial charge in [-0.3, -0.25) is 0 Å². The molecule has 0 aliphatic heterocycles. The van der Waals surface area contributed by atoms with Gasteiger partial charge in [0.2, 0.25) is 0 Å². The van der Waals surface area contributed by atoms with Crippen LogP contribution in [0.3, 0.4) is 0 Å². The van der Waals surface area contributed by atoms with Crippen molar-refractivity contribution in [1.29, 1.82) is 0 Å². The fraction of sp³-hybridized carbons (Fsp3) is 0. The van der Waals surface area contributed by atoms with Crippen LogP contribution in [0.5, 0.6) is 0 Å². The molecule has 32 heavy (non-hydrogen) atoms. The molecule has 6 aromatic rings. The van der Waals surface area contributed by atoms with Gasteiger partial charge in [-0.15, -0.1) is 0 Å².